The van der Waals surface area contributed by atoms with E-state index < -0.39 is 5.60 Å². The second-order valence-corrected chi connectivity index (χ2v) is 10.5. The molecule has 5 aromatic rings. The topological polar surface area (TPSA) is 31.5 Å². The molecule has 1 spiro atoms. The zero-order valence-corrected chi connectivity index (χ0v) is 23.2. The van der Waals surface area contributed by atoms with Gasteiger partial charge in [-0.25, -0.2) is 0 Å². The van der Waals surface area contributed by atoms with Crippen LogP contribution in [0.1, 0.15) is 44.4 Å². The quantitative estimate of drug-likeness (QED) is 0.248. The van der Waals surface area contributed by atoms with E-state index in [0.717, 1.165) is 48.7 Å². The lowest BCUT2D eigenvalue weighted by molar-refractivity contribution is 0.158. The van der Waals surface area contributed by atoms with Gasteiger partial charge in [-0.2, -0.15) is 0 Å². The Labute approximate surface area is 230 Å². The van der Waals surface area contributed by atoms with Crippen LogP contribution < -0.4 is 14.5 Å². The maximum atomic E-state index is 7.29. The van der Waals surface area contributed by atoms with Crippen LogP contribution in [0.15, 0.2) is 84.9 Å². The number of fused-ring (bicyclic) bond motifs is 11. The Morgan fingerprint density at radius 2 is 1.21 bits per heavy atom. The summed E-state index contributed by atoms with van der Waals surface area (Å²) in [6.07, 6.45) is 0. The molecule has 1 aromatic heterocycles. The van der Waals surface area contributed by atoms with Gasteiger partial charge in [0.1, 0.15) is 5.75 Å². The number of nitrogens with zero attached hydrogens (tertiary/aromatic N) is 2. The largest absolute Gasteiger partial charge is 0.472 e. The van der Waals surface area contributed by atoms with E-state index in [1.54, 1.807) is 0 Å². The number of rotatable bonds is 6. The molecule has 1 aliphatic carbocycles. The molecule has 4 heteroatoms. The minimum atomic E-state index is -0.739. The fourth-order valence-electron chi connectivity index (χ4n) is 6.91. The molecular weight excluding hydrogens is 478 g/mol. The molecule has 0 saturated heterocycles. The van der Waals surface area contributed by atoms with Gasteiger partial charge < -0.3 is 19.5 Å². The monoisotopic (exact) mass is 513 g/mol. The van der Waals surface area contributed by atoms with Crippen LogP contribution in [0.25, 0.3) is 33.3 Å². The highest BCUT2D eigenvalue weighted by atomic mass is 16.5. The van der Waals surface area contributed by atoms with Crippen molar-refractivity contribution in [1.82, 2.24) is 4.98 Å². The summed E-state index contributed by atoms with van der Waals surface area (Å²) in [5.41, 5.74) is 11.3. The average Bonchev–Trinajstić information content (AvgIpc) is 3.49. The van der Waals surface area contributed by atoms with E-state index in [4.69, 9.17) is 4.74 Å². The minimum absolute atomic E-state index is 0.739. The lowest BCUT2D eigenvalue weighted by atomic mass is 9.79. The first kappa shape index (κ1) is 23.9. The first-order valence-corrected chi connectivity index (χ1v) is 14.3. The molecule has 1 N–H and O–H groups in total. The molecule has 196 valence electrons. The minimum Gasteiger partial charge on any atom is -0.472 e. The third kappa shape index (κ3) is 3.24. The zero-order chi connectivity index (χ0) is 26.7. The van der Waals surface area contributed by atoms with Crippen molar-refractivity contribution in [2.24, 2.45) is 0 Å². The summed E-state index contributed by atoms with van der Waals surface area (Å²) in [7, 11) is 0. The smallest absolute Gasteiger partial charge is 0.188 e. The number of aromatic amines is 1. The van der Waals surface area contributed by atoms with Crippen molar-refractivity contribution >= 4 is 22.3 Å². The summed E-state index contributed by atoms with van der Waals surface area (Å²) in [6, 6.07) is 31.1. The van der Waals surface area contributed by atoms with Gasteiger partial charge in [0.15, 0.2) is 5.60 Å². The molecule has 39 heavy (non-hydrogen) atoms. The first-order chi connectivity index (χ1) is 19.1. The standard InChI is InChI=1S/C35H35N3O/c1-5-37(6-2)23-17-19-29-27(21-23)28-22-24(38(7-3)8-4)18-20-30(28)35(29)33-25-13-9-11-15-31(25)36-34(33)26-14-10-12-16-32(26)39-35/h9-22,36H,5-8H2,1-4H3. The predicted octanol–water partition coefficient (Wildman–Crippen LogP) is 8.19. The van der Waals surface area contributed by atoms with E-state index >= 15 is 0 Å². The van der Waals surface area contributed by atoms with E-state index in [-0.39, 0.29) is 0 Å². The van der Waals surface area contributed by atoms with Gasteiger partial charge in [0, 0.05) is 70.7 Å². The van der Waals surface area contributed by atoms with Gasteiger partial charge in [0.2, 0.25) is 0 Å². The highest BCUT2D eigenvalue weighted by molar-refractivity contribution is 5.99. The van der Waals surface area contributed by atoms with Crippen LogP contribution in [0, 0.1) is 0 Å². The summed E-state index contributed by atoms with van der Waals surface area (Å²) in [5, 5.41) is 1.21. The van der Waals surface area contributed by atoms with E-state index in [1.165, 1.54) is 44.6 Å². The van der Waals surface area contributed by atoms with Gasteiger partial charge in [-0.15, -0.1) is 0 Å². The summed E-state index contributed by atoms with van der Waals surface area (Å²) >= 11 is 0. The molecular formula is C35H35N3O. The van der Waals surface area contributed by atoms with Crippen molar-refractivity contribution in [3.8, 4) is 28.1 Å². The van der Waals surface area contributed by atoms with Gasteiger partial charge in [-0.1, -0.05) is 42.5 Å². The van der Waals surface area contributed by atoms with Crippen LogP contribution >= 0.6 is 0 Å². The number of nitrogens with one attached hydrogen (secondary N) is 1. The van der Waals surface area contributed by atoms with Gasteiger partial charge in [0.05, 0.1) is 5.69 Å². The SMILES string of the molecule is CCN(CC)c1ccc2c(c1)-c1cc(N(CC)CC)ccc1C21Oc2ccccc2-c2[nH]c3ccccc3c21. The van der Waals surface area contributed by atoms with Crippen molar-refractivity contribution in [2.45, 2.75) is 33.3 Å². The fraction of sp³-hybridized carbons (Fsp3) is 0.257. The van der Waals surface area contributed by atoms with E-state index in [1.807, 2.05) is 0 Å². The Morgan fingerprint density at radius 3 is 1.82 bits per heavy atom. The summed E-state index contributed by atoms with van der Waals surface area (Å²) in [4.78, 5) is 8.63. The number of aromatic nitrogens is 1. The highest BCUT2D eigenvalue weighted by Crippen LogP contribution is 2.60. The number of hydrogen-bond donors (Lipinski definition) is 1. The maximum Gasteiger partial charge on any atom is 0.188 e. The van der Waals surface area contributed by atoms with E-state index in [0.29, 0.717) is 0 Å². The lowest BCUT2D eigenvalue weighted by Gasteiger charge is -2.38. The number of H-pyrrole nitrogens is 1. The third-order valence-corrected chi connectivity index (χ3v) is 8.79. The predicted molar refractivity (Wildman–Crippen MR) is 163 cm³/mol. The summed E-state index contributed by atoms with van der Waals surface area (Å²) < 4.78 is 7.29. The molecule has 0 amide bonds. The van der Waals surface area contributed by atoms with Gasteiger partial charge >= 0.3 is 0 Å². The molecule has 0 radical (unpaired) electrons. The van der Waals surface area contributed by atoms with E-state index in [2.05, 4.69) is 127 Å². The van der Waals surface area contributed by atoms with Crippen LogP contribution in [0.4, 0.5) is 11.4 Å². The maximum absolute atomic E-state index is 7.29. The van der Waals surface area contributed by atoms with Crippen LogP contribution in [0.5, 0.6) is 5.75 Å². The van der Waals surface area contributed by atoms with Crippen LogP contribution in [-0.4, -0.2) is 31.2 Å². The van der Waals surface area contributed by atoms with Gasteiger partial charge in [-0.05, 0) is 81.3 Å². The molecule has 2 heterocycles. The molecule has 7 rings (SSSR count). The van der Waals surface area contributed by atoms with Crippen LogP contribution in [0.3, 0.4) is 0 Å². The van der Waals surface area contributed by atoms with Crippen LogP contribution in [-0.2, 0) is 5.60 Å². The Morgan fingerprint density at radius 1 is 0.641 bits per heavy atom. The second kappa shape index (κ2) is 8.94. The van der Waals surface area contributed by atoms with Crippen LogP contribution in [0.2, 0.25) is 0 Å². The lowest BCUT2D eigenvalue weighted by Crippen LogP contribution is -2.36. The summed E-state index contributed by atoms with van der Waals surface area (Å²) in [5.74, 6) is 0.913. The molecule has 0 fully saturated rings. The highest BCUT2D eigenvalue weighted by Gasteiger charge is 2.52. The molecule has 4 nitrogen and oxygen atoms in total. The molecule has 1 aliphatic heterocycles. The Hall–Kier alpha value is -4.18. The second-order valence-electron chi connectivity index (χ2n) is 10.5. The Bertz CT molecular complexity index is 1650. The number of ether oxygens (including phenoxy) is 1. The zero-order valence-electron chi connectivity index (χ0n) is 23.2. The van der Waals surface area contributed by atoms with Crippen molar-refractivity contribution in [3.05, 3.63) is 102 Å². The van der Waals surface area contributed by atoms with Gasteiger partial charge in [-0.3, -0.25) is 0 Å². The molecule has 0 unspecified atom stereocenters. The Balaban J connectivity index is 1.59. The van der Waals surface area contributed by atoms with Gasteiger partial charge in [0.25, 0.3) is 0 Å². The molecule has 0 saturated carbocycles. The molecule has 2 aliphatic rings. The molecule has 0 atom stereocenters. The fourth-order valence-corrected chi connectivity index (χ4v) is 6.91. The average molecular weight is 514 g/mol. The van der Waals surface area contributed by atoms with Crippen molar-refractivity contribution in [3.63, 3.8) is 0 Å². The first-order valence-electron chi connectivity index (χ1n) is 14.3. The van der Waals surface area contributed by atoms with Crippen molar-refractivity contribution in [2.75, 3.05) is 36.0 Å². The number of benzene rings is 4. The normalized spacial score (nSPS) is 13.9. The van der Waals surface area contributed by atoms with Crippen molar-refractivity contribution in [1.29, 1.82) is 0 Å². The molecule has 4 aromatic carbocycles. The Kier molecular flexibility index (Phi) is 5.48. The number of para-hydroxylation sites is 2. The van der Waals surface area contributed by atoms with E-state index in [9.17, 15) is 0 Å². The summed E-state index contributed by atoms with van der Waals surface area (Å²) in [6.45, 7) is 12.8. The third-order valence-electron chi connectivity index (χ3n) is 8.79. The molecule has 0 bridgehead atoms. The van der Waals surface area contributed by atoms with Crippen molar-refractivity contribution < 1.29 is 4.74 Å². The number of anilines is 2. The number of hydrogen-bond acceptors (Lipinski definition) is 3.